The first-order valence-electron chi connectivity index (χ1n) is 8.20. The zero-order valence-electron chi connectivity index (χ0n) is 14.5. The number of hydrogen-bond donors (Lipinski definition) is 0. The van der Waals surface area contributed by atoms with E-state index < -0.39 is 5.60 Å². The lowest BCUT2D eigenvalue weighted by atomic mass is 9.98. The number of Topliss-reactive ketones (excluding diaryl/α,β-unsaturated/α-hetero) is 1. The predicted octanol–water partition coefficient (Wildman–Crippen LogP) is 2.32. The fraction of sp³-hybridized carbons (Fsp3) is 0.647. The molecule has 7 heteroatoms. The van der Waals surface area contributed by atoms with Crippen molar-refractivity contribution in [2.24, 2.45) is 5.92 Å². The number of ketones is 1. The molecule has 2 heterocycles. The zero-order valence-corrected chi connectivity index (χ0v) is 14.5. The number of aromatic nitrogens is 2. The average Bonchev–Trinajstić information content (AvgIpc) is 2.54. The number of nitrogens with zero attached hydrogens (tertiary/aromatic N) is 3. The Morgan fingerprint density at radius 3 is 2.54 bits per heavy atom. The van der Waals surface area contributed by atoms with Crippen LogP contribution in [0.5, 0.6) is 0 Å². The highest BCUT2D eigenvalue weighted by Crippen LogP contribution is 2.20. The van der Waals surface area contributed by atoms with Gasteiger partial charge in [-0.2, -0.15) is 0 Å². The Labute approximate surface area is 142 Å². The van der Waals surface area contributed by atoms with Gasteiger partial charge in [-0.15, -0.1) is 0 Å². The van der Waals surface area contributed by atoms with E-state index in [-0.39, 0.29) is 18.5 Å². The maximum atomic E-state index is 12.0. The summed E-state index contributed by atoms with van der Waals surface area (Å²) in [6.45, 7) is 7.40. The van der Waals surface area contributed by atoms with Gasteiger partial charge >= 0.3 is 6.09 Å². The van der Waals surface area contributed by atoms with Crippen molar-refractivity contribution in [2.45, 2.75) is 39.2 Å². The van der Waals surface area contributed by atoms with E-state index in [1.54, 1.807) is 4.90 Å². The molecule has 1 aliphatic rings. The van der Waals surface area contributed by atoms with Crippen LogP contribution < -0.4 is 0 Å². The summed E-state index contributed by atoms with van der Waals surface area (Å²) in [4.78, 5) is 33.4. The molecule has 24 heavy (non-hydrogen) atoms. The van der Waals surface area contributed by atoms with E-state index in [1.165, 1.54) is 18.6 Å². The lowest BCUT2D eigenvalue weighted by Gasteiger charge is -2.33. The summed E-state index contributed by atoms with van der Waals surface area (Å²) in [6.07, 6.45) is 5.87. The number of amides is 1. The number of likely N-dealkylation sites (tertiary alicyclic amines) is 1. The Hall–Kier alpha value is -2.02. The Balaban J connectivity index is 1.66. The zero-order chi connectivity index (χ0) is 17.6. The monoisotopic (exact) mass is 335 g/mol. The Kier molecular flexibility index (Phi) is 6.25. The van der Waals surface area contributed by atoms with Crippen LogP contribution in [0.4, 0.5) is 4.79 Å². The van der Waals surface area contributed by atoms with Crippen molar-refractivity contribution in [1.29, 1.82) is 0 Å². The summed E-state index contributed by atoms with van der Waals surface area (Å²) in [6, 6.07) is 0. The minimum Gasteiger partial charge on any atom is -0.444 e. The molecule has 1 aromatic rings. The molecule has 1 aromatic heterocycles. The van der Waals surface area contributed by atoms with Gasteiger partial charge < -0.3 is 14.4 Å². The molecular weight excluding hydrogens is 310 g/mol. The van der Waals surface area contributed by atoms with Gasteiger partial charge in [-0.25, -0.2) is 9.78 Å². The van der Waals surface area contributed by atoms with Gasteiger partial charge in [-0.3, -0.25) is 9.78 Å². The summed E-state index contributed by atoms with van der Waals surface area (Å²) in [5, 5.41) is 0. The van der Waals surface area contributed by atoms with Gasteiger partial charge in [0.15, 0.2) is 0 Å². The van der Waals surface area contributed by atoms with Crippen LogP contribution in [0.2, 0.25) is 0 Å². The number of rotatable bonds is 5. The molecule has 1 fully saturated rings. The topological polar surface area (TPSA) is 81.6 Å². The van der Waals surface area contributed by atoms with Crippen LogP contribution in [0.25, 0.3) is 0 Å². The fourth-order valence-corrected chi connectivity index (χ4v) is 2.44. The van der Waals surface area contributed by atoms with Crippen LogP contribution in [0.15, 0.2) is 18.6 Å². The number of carbonyl (C=O) groups is 2. The second kappa shape index (κ2) is 8.19. The first-order valence-corrected chi connectivity index (χ1v) is 8.20. The Bertz CT molecular complexity index is 549. The Morgan fingerprint density at radius 2 is 1.96 bits per heavy atom. The largest absolute Gasteiger partial charge is 0.444 e. The molecule has 1 amide bonds. The highest BCUT2D eigenvalue weighted by Gasteiger charge is 2.27. The predicted molar refractivity (Wildman–Crippen MR) is 87.7 cm³/mol. The third kappa shape index (κ3) is 5.88. The van der Waals surface area contributed by atoms with E-state index in [0.29, 0.717) is 31.3 Å². The summed E-state index contributed by atoms with van der Waals surface area (Å²) in [5.74, 6) is 0.174. The van der Waals surface area contributed by atoms with E-state index in [1.807, 2.05) is 20.8 Å². The second-order valence-electron chi connectivity index (χ2n) is 6.94. The van der Waals surface area contributed by atoms with E-state index in [2.05, 4.69) is 9.97 Å². The smallest absolute Gasteiger partial charge is 0.410 e. The van der Waals surface area contributed by atoms with Gasteiger partial charge in [0.25, 0.3) is 0 Å². The highest BCUT2D eigenvalue weighted by atomic mass is 16.6. The molecule has 0 spiro atoms. The van der Waals surface area contributed by atoms with Gasteiger partial charge in [0.2, 0.25) is 5.78 Å². The maximum Gasteiger partial charge on any atom is 0.410 e. The van der Waals surface area contributed by atoms with E-state index in [4.69, 9.17) is 9.47 Å². The van der Waals surface area contributed by atoms with Gasteiger partial charge in [0.05, 0.1) is 12.8 Å². The number of piperidine rings is 1. The molecule has 1 saturated heterocycles. The van der Waals surface area contributed by atoms with Crippen molar-refractivity contribution in [3.05, 3.63) is 24.3 Å². The number of hydrogen-bond acceptors (Lipinski definition) is 6. The lowest BCUT2D eigenvalue weighted by molar-refractivity contribution is 0.0123. The molecule has 132 valence electrons. The summed E-state index contributed by atoms with van der Waals surface area (Å²) in [7, 11) is 0. The highest BCUT2D eigenvalue weighted by molar-refractivity contribution is 5.94. The van der Waals surface area contributed by atoms with Crippen LogP contribution in [0.3, 0.4) is 0 Å². The van der Waals surface area contributed by atoms with Gasteiger partial charge in [0.1, 0.15) is 17.9 Å². The molecule has 1 aliphatic heterocycles. The molecule has 0 N–H and O–H groups in total. The fourth-order valence-electron chi connectivity index (χ4n) is 2.44. The summed E-state index contributed by atoms with van der Waals surface area (Å²) in [5.41, 5.74) is -0.158. The van der Waals surface area contributed by atoms with Crippen LogP contribution >= 0.6 is 0 Å². The quantitative estimate of drug-likeness (QED) is 0.768. The summed E-state index contributed by atoms with van der Waals surface area (Å²) >= 11 is 0. The molecule has 7 nitrogen and oxygen atoms in total. The molecule has 0 unspecified atom stereocenters. The van der Waals surface area contributed by atoms with E-state index in [0.717, 1.165) is 12.8 Å². The van der Waals surface area contributed by atoms with Crippen molar-refractivity contribution in [3.63, 3.8) is 0 Å². The van der Waals surface area contributed by atoms with Gasteiger partial charge in [-0.1, -0.05) is 0 Å². The summed E-state index contributed by atoms with van der Waals surface area (Å²) < 4.78 is 10.9. The van der Waals surface area contributed by atoms with Crippen LogP contribution in [-0.4, -0.2) is 58.6 Å². The molecule has 0 radical (unpaired) electrons. The lowest BCUT2D eigenvalue weighted by Crippen LogP contribution is -2.42. The molecule has 0 atom stereocenters. The van der Waals surface area contributed by atoms with Crippen LogP contribution in [-0.2, 0) is 9.47 Å². The molecule has 0 aromatic carbocycles. The standard InChI is InChI=1S/C17H25N3O4/c1-17(2,3)24-16(22)20-8-4-13(5-9-20)11-23-12-15(21)14-10-18-6-7-19-14/h6-7,10,13H,4-5,8-9,11-12H2,1-3H3. The van der Waals surface area contributed by atoms with Crippen molar-refractivity contribution < 1.29 is 19.1 Å². The number of carbonyl (C=O) groups excluding carboxylic acids is 2. The van der Waals surface area contributed by atoms with E-state index >= 15 is 0 Å². The minimum absolute atomic E-state index is 0.00493. The van der Waals surface area contributed by atoms with Crippen molar-refractivity contribution in [2.75, 3.05) is 26.3 Å². The van der Waals surface area contributed by atoms with Crippen molar-refractivity contribution in [3.8, 4) is 0 Å². The molecule has 0 bridgehead atoms. The maximum absolute atomic E-state index is 12.0. The van der Waals surface area contributed by atoms with Crippen LogP contribution in [0, 0.1) is 5.92 Å². The van der Waals surface area contributed by atoms with Crippen molar-refractivity contribution >= 4 is 11.9 Å². The first-order chi connectivity index (χ1) is 11.3. The SMILES string of the molecule is CC(C)(C)OC(=O)N1CCC(COCC(=O)c2cnccn2)CC1. The average molecular weight is 335 g/mol. The minimum atomic E-state index is -0.474. The second-order valence-corrected chi connectivity index (χ2v) is 6.94. The molecule has 0 saturated carbocycles. The molecule has 0 aliphatic carbocycles. The third-order valence-corrected chi connectivity index (χ3v) is 3.70. The Morgan fingerprint density at radius 1 is 1.25 bits per heavy atom. The van der Waals surface area contributed by atoms with E-state index in [9.17, 15) is 9.59 Å². The normalized spacial score (nSPS) is 16.0. The van der Waals surface area contributed by atoms with Crippen LogP contribution in [0.1, 0.15) is 44.1 Å². The van der Waals surface area contributed by atoms with Gasteiger partial charge in [0, 0.05) is 25.5 Å². The van der Waals surface area contributed by atoms with Gasteiger partial charge in [-0.05, 0) is 39.5 Å². The third-order valence-electron chi connectivity index (χ3n) is 3.70. The van der Waals surface area contributed by atoms with Crippen molar-refractivity contribution in [1.82, 2.24) is 14.9 Å². The molecular formula is C17H25N3O4. The first kappa shape index (κ1) is 18.3. The molecule has 2 rings (SSSR count). The number of ether oxygens (including phenoxy) is 2.